The van der Waals surface area contributed by atoms with Gasteiger partial charge in [0.05, 0.1) is 0 Å². The van der Waals surface area contributed by atoms with Gasteiger partial charge in [0.15, 0.2) is 0 Å². The zero-order valence-corrected chi connectivity index (χ0v) is 13.0. The van der Waals surface area contributed by atoms with Gasteiger partial charge in [0.1, 0.15) is 6.61 Å². The van der Waals surface area contributed by atoms with Crippen LogP contribution in [0.1, 0.15) is 17.0 Å². The van der Waals surface area contributed by atoms with Gasteiger partial charge in [-0.3, -0.25) is 5.73 Å². The average molecular weight is 341 g/mol. The quantitative estimate of drug-likeness (QED) is 0.551. The largest absolute Gasteiger partial charge is 0.479 e. The van der Waals surface area contributed by atoms with E-state index in [2.05, 4.69) is 0 Å². The van der Waals surface area contributed by atoms with Crippen LogP contribution in [-0.4, -0.2) is 40.3 Å². The van der Waals surface area contributed by atoms with Crippen LogP contribution < -0.4 is 5.73 Å². The maximum atomic E-state index is 12.0. The van der Waals surface area contributed by atoms with Gasteiger partial charge in [-0.2, -0.15) is 0 Å². The first-order chi connectivity index (χ1) is 11.9. The van der Waals surface area contributed by atoms with E-state index < -0.39 is 23.4 Å². The number of aliphatic carboxylic acids is 2. The van der Waals surface area contributed by atoms with Crippen LogP contribution in [0.15, 0.2) is 48.5 Å². The number of esters is 1. The van der Waals surface area contributed by atoms with Crippen molar-refractivity contribution in [2.24, 2.45) is 5.73 Å². The minimum atomic E-state index is -3.13. The molecule has 128 valence electrons. The lowest BCUT2D eigenvalue weighted by Gasteiger charge is -2.20. The fraction of sp³-hybridized carbons (Fsp3) is 0.167. The van der Waals surface area contributed by atoms with Crippen molar-refractivity contribution in [3.63, 3.8) is 0 Å². The molecule has 0 radical (unpaired) electrons. The van der Waals surface area contributed by atoms with Crippen LogP contribution in [0.5, 0.6) is 0 Å². The minimum Gasteiger partial charge on any atom is -0.479 e. The van der Waals surface area contributed by atoms with E-state index in [4.69, 9.17) is 20.7 Å². The lowest BCUT2D eigenvalue weighted by atomic mass is 9.97. The Morgan fingerprint density at radius 2 is 1.36 bits per heavy atom. The summed E-state index contributed by atoms with van der Waals surface area (Å²) in [6.45, 7) is -0.202. The number of hydrogen-bond donors (Lipinski definition) is 3. The molecule has 0 saturated carbocycles. The third kappa shape index (κ3) is 2.54. The number of ether oxygens (including phenoxy) is 1. The van der Waals surface area contributed by atoms with Crippen LogP contribution in [-0.2, 0) is 19.1 Å². The standard InChI is InChI=1S/C18H15NO6/c19-18(15(20)21,16(22)23)17(24)25-9-14-12-7-3-1-5-10(12)11-6-2-4-8-13(11)14/h1-8,14H,9,19H2,(H,20,21)(H,22,23). The van der Waals surface area contributed by atoms with E-state index in [1.165, 1.54) is 0 Å². The van der Waals surface area contributed by atoms with Gasteiger partial charge in [0, 0.05) is 5.92 Å². The van der Waals surface area contributed by atoms with Crippen LogP contribution >= 0.6 is 0 Å². The molecule has 0 unspecified atom stereocenters. The lowest BCUT2D eigenvalue weighted by molar-refractivity contribution is -0.169. The molecule has 0 aliphatic heterocycles. The van der Waals surface area contributed by atoms with Crippen molar-refractivity contribution < 1.29 is 29.3 Å². The van der Waals surface area contributed by atoms with Crippen molar-refractivity contribution in [3.05, 3.63) is 59.7 Å². The summed E-state index contributed by atoms with van der Waals surface area (Å²) in [5, 5.41) is 17.9. The molecule has 2 aromatic rings. The van der Waals surface area contributed by atoms with Crippen LogP contribution in [0.4, 0.5) is 0 Å². The summed E-state index contributed by atoms with van der Waals surface area (Å²) in [7, 11) is 0. The van der Waals surface area contributed by atoms with Crippen LogP contribution in [0.3, 0.4) is 0 Å². The maximum absolute atomic E-state index is 12.0. The Morgan fingerprint density at radius 3 is 1.80 bits per heavy atom. The molecule has 1 aliphatic carbocycles. The highest BCUT2D eigenvalue weighted by Gasteiger charge is 2.52. The predicted octanol–water partition coefficient (Wildman–Crippen LogP) is 1.21. The summed E-state index contributed by atoms with van der Waals surface area (Å²) in [5.74, 6) is -5.77. The van der Waals surface area contributed by atoms with Gasteiger partial charge in [-0.15, -0.1) is 0 Å². The smallest absolute Gasteiger partial charge is 0.349 e. The summed E-state index contributed by atoms with van der Waals surface area (Å²) in [6.07, 6.45) is 0. The zero-order valence-electron chi connectivity index (χ0n) is 13.0. The van der Waals surface area contributed by atoms with E-state index >= 15 is 0 Å². The van der Waals surface area contributed by atoms with Gasteiger partial charge >= 0.3 is 23.4 Å². The zero-order chi connectivity index (χ0) is 18.2. The van der Waals surface area contributed by atoms with Crippen molar-refractivity contribution in [2.45, 2.75) is 11.5 Å². The summed E-state index contributed by atoms with van der Waals surface area (Å²) in [5.41, 5.74) is 5.93. The van der Waals surface area contributed by atoms with Gasteiger partial charge in [0.25, 0.3) is 0 Å². The van der Waals surface area contributed by atoms with Crippen molar-refractivity contribution in [1.29, 1.82) is 0 Å². The molecule has 0 fully saturated rings. The Kier molecular flexibility index (Phi) is 4.02. The molecule has 3 rings (SSSR count). The molecular formula is C18H15NO6. The fourth-order valence-corrected chi connectivity index (χ4v) is 2.98. The number of benzene rings is 2. The maximum Gasteiger partial charge on any atom is 0.349 e. The number of fused-ring (bicyclic) bond motifs is 3. The van der Waals surface area contributed by atoms with Gasteiger partial charge in [-0.1, -0.05) is 48.5 Å². The topological polar surface area (TPSA) is 127 Å². The van der Waals surface area contributed by atoms with E-state index in [0.29, 0.717) is 0 Å². The molecule has 0 spiro atoms. The highest BCUT2D eigenvalue weighted by atomic mass is 16.5. The second-order valence-electron chi connectivity index (χ2n) is 5.74. The molecule has 7 heteroatoms. The first kappa shape index (κ1) is 16.7. The number of hydrogen-bond acceptors (Lipinski definition) is 5. The highest BCUT2D eigenvalue weighted by Crippen LogP contribution is 2.44. The molecule has 0 aromatic heterocycles. The summed E-state index contributed by atoms with van der Waals surface area (Å²) < 4.78 is 5.00. The third-order valence-electron chi connectivity index (χ3n) is 4.34. The van der Waals surface area contributed by atoms with E-state index in [1.807, 2.05) is 48.5 Å². The summed E-state index contributed by atoms with van der Waals surface area (Å²) >= 11 is 0. The molecule has 1 aliphatic rings. The fourth-order valence-electron chi connectivity index (χ4n) is 2.98. The molecule has 0 bridgehead atoms. The Hall–Kier alpha value is -3.19. The Balaban J connectivity index is 1.88. The van der Waals surface area contributed by atoms with Gasteiger partial charge < -0.3 is 14.9 Å². The number of rotatable bonds is 5. The Labute approximate surface area is 142 Å². The number of nitrogens with two attached hydrogens (primary N) is 1. The minimum absolute atomic E-state index is 0.202. The molecule has 4 N–H and O–H groups in total. The Morgan fingerprint density at radius 1 is 0.920 bits per heavy atom. The second-order valence-corrected chi connectivity index (χ2v) is 5.74. The van der Waals surface area contributed by atoms with E-state index in [-0.39, 0.29) is 12.5 Å². The highest BCUT2D eigenvalue weighted by molar-refractivity contribution is 6.21. The number of carboxylic acid groups (broad SMARTS) is 2. The van der Waals surface area contributed by atoms with Crippen molar-refractivity contribution in [3.8, 4) is 11.1 Å². The second kappa shape index (κ2) is 6.03. The number of carbonyl (C=O) groups excluding carboxylic acids is 1. The molecule has 2 aromatic carbocycles. The SMILES string of the molecule is NC(C(=O)O)(C(=O)O)C(=O)OCC1c2ccccc2-c2ccccc21. The number of carbonyl (C=O) groups is 3. The van der Waals surface area contributed by atoms with E-state index in [9.17, 15) is 14.4 Å². The molecular weight excluding hydrogens is 326 g/mol. The first-order valence-corrected chi connectivity index (χ1v) is 7.48. The predicted molar refractivity (Wildman–Crippen MR) is 86.9 cm³/mol. The summed E-state index contributed by atoms with van der Waals surface area (Å²) in [4.78, 5) is 34.2. The van der Waals surface area contributed by atoms with Crippen molar-refractivity contribution >= 4 is 17.9 Å². The molecule has 25 heavy (non-hydrogen) atoms. The first-order valence-electron chi connectivity index (χ1n) is 7.48. The molecule has 0 atom stereocenters. The van der Waals surface area contributed by atoms with Crippen molar-refractivity contribution in [1.82, 2.24) is 0 Å². The third-order valence-corrected chi connectivity index (χ3v) is 4.34. The van der Waals surface area contributed by atoms with Gasteiger partial charge in [-0.05, 0) is 22.3 Å². The normalized spacial score (nSPS) is 13.0. The lowest BCUT2D eigenvalue weighted by Crippen LogP contribution is -2.61. The molecule has 7 nitrogen and oxygen atoms in total. The van der Waals surface area contributed by atoms with E-state index in [1.54, 1.807) is 0 Å². The van der Waals surface area contributed by atoms with Crippen LogP contribution in [0.25, 0.3) is 11.1 Å². The molecule has 0 amide bonds. The van der Waals surface area contributed by atoms with Crippen LogP contribution in [0, 0.1) is 0 Å². The van der Waals surface area contributed by atoms with E-state index in [0.717, 1.165) is 22.3 Å². The number of carboxylic acids is 2. The Bertz CT molecular complexity index is 816. The monoisotopic (exact) mass is 341 g/mol. The van der Waals surface area contributed by atoms with Gasteiger partial charge in [-0.25, -0.2) is 14.4 Å². The van der Waals surface area contributed by atoms with Crippen LogP contribution in [0.2, 0.25) is 0 Å². The van der Waals surface area contributed by atoms with Gasteiger partial charge in [0.2, 0.25) is 0 Å². The average Bonchev–Trinajstić information content (AvgIpc) is 2.92. The molecule has 0 saturated heterocycles. The molecule has 0 heterocycles. The summed E-state index contributed by atoms with van der Waals surface area (Å²) in [6, 6.07) is 15.1. The van der Waals surface area contributed by atoms with Crippen molar-refractivity contribution in [2.75, 3.05) is 6.61 Å².